The number of hydrogen-bond donors (Lipinski definition) is 4. The first-order chi connectivity index (χ1) is 59.9. The van der Waals surface area contributed by atoms with Crippen molar-refractivity contribution in [3.05, 3.63) is 241 Å². The van der Waals surface area contributed by atoms with E-state index >= 15 is 0 Å². The van der Waals surface area contributed by atoms with E-state index in [4.69, 9.17) is 9.47 Å². The molecule has 8 aromatic carbocycles. The number of carbonyl (C=O) groups excluding carboxylic acids is 4. The molecule has 8 aromatic rings. The van der Waals surface area contributed by atoms with Gasteiger partial charge in [-0.15, -0.1) is 0 Å². The third kappa shape index (κ3) is 32.2. The Morgan fingerprint density at radius 3 is 1.08 bits per heavy atom. The monoisotopic (exact) mass is 1700 g/mol. The third-order valence-corrected chi connectivity index (χ3v) is 24.4. The molecule has 0 bridgehead atoms. The van der Waals surface area contributed by atoms with E-state index in [1.165, 1.54) is 50.7 Å². The van der Waals surface area contributed by atoms with Gasteiger partial charge in [-0.25, -0.2) is 19.2 Å². The standard InChI is InChI=1S/C30H37N3O.C27H39N3O2.C25H35N3O2.C21H32F3N3O/c1-3-11-24(2)32-20-18-29(19-21-32)33(23-25-12-6-4-7-13-25)30(34)31-28-17-10-16-27(22-28)26-14-8-5-9-15-26;1-5-10-22(4)29-17-15-25(16-18-29)30(20-23-11-7-6-8-12-23)27(31)28-24-13-9-14-26(19-24)32-21(2)3;1-4-9-20(2)27-16-14-23(15-17-27)28(19-21-10-6-5-7-11-21)25(29)26-22-12-8-13-24(18-22)30-3;1-4-11-26-12-9-19(10-13-26)27(14-8-16(2)3)20(28)25-18-7-5-6-17(15-18)21(22,23)24/h4-10,12-17,22,24,29H,3,11,18-21,23H2,1-2H3,(H,31,34);6-9,11-14,19,21-22,25H,5,10,15-18,20H2,1-4H3,(H,28,31);5-8,10-13,18,20,23H,4,9,14-17,19H2,1-3H3,(H,26,29);5-7,15-16,19H,4,8-14H2,1-3H3,(H,25,28). The van der Waals surface area contributed by atoms with Crippen LogP contribution in [0.4, 0.5) is 55.1 Å². The molecule has 4 fully saturated rings. The molecular weight excluding hydrogens is 1560 g/mol. The van der Waals surface area contributed by atoms with Crippen molar-refractivity contribution in [2.45, 2.75) is 253 Å². The minimum Gasteiger partial charge on any atom is -0.497 e. The molecule has 3 atom stereocenters. The second kappa shape index (κ2) is 51.5. The van der Waals surface area contributed by atoms with E-state index in [9.17, 15) is 32.3 Å². The molecule has 0 saturated carbocycles. The molecule has 4 aliphatic rings. The molecular formula is C103H143F3N12O6. The smallest absolute Gasteiger partial charge is 0.416 e. The summed E-state index contributed by atoms with van der Waals surface area (Å²) < 4.78 is 49.9. The van der Waals surface area contributed by atoms with Crippen LogP contribution < -0.4 is 30.7 Å². The second-order valence-corrected chi connectivity index (χ2v) is 34.7. The van der Waals surface area contributed by atoms with Crippen LogP contribution in [0.25, 0.3) is 11.1 Å². The first-order valence-corrected chi connectivity index (χ1v) is 46.0. The van der Waals surface area contributed by atoms with Crippen LogP contribution in [0.2, 0.25) is 0 Å². The van der Waals surface area contributed by atoms with Gasteiger partial charge in [0.25, 0.3) is 0 Å². The maximum atomic E-state index is 13.6. The number of likely N-dealkylation sites (tertiary alicyclic amines) is 4. The highest BCUT2D eigenvalue weighted by molar-refractivity contribution is 5.92. The number of piperidine rings is 4. The lowest BCUT2D eigenvalue weighted by atomic mass is 10.00. The van der Waals surface area contributed by atoms with Crippen molar-refractivity contribution in [2.24, 2.45) is 5.92 Å². The van der Waals surface area contributed by atoms with Crippen LogP contribution in [-0.4, -0.2) is 184 Å². The number of amides is 8. The number of nitrogens with zero attached hydrogens (tertiary/aromatic N) is 8. The summed E-state index contributed by atoms with van der Waals surface area (Å²) >= 11 is 0. The molecule has 3 unspecified atom stereocenters. The third-order valence-electron chi connectivity index (χ3n) is 24.4. The Morgan fingerprint density at radius 2 is 0.710 bits per heavy atom. The van der Waals surface area contributed by atoms with Gasteiger partial charge in [0.15, 0.2) is 0 Å². The molecule has 0 aliphatic carbocycles. The van der Waals surface area contributed by atoms with Crippen LogP contribution in [-0.2, 0) is 25.8 Å². The van der Waals surface area contributed by atoms with Crippen molar-refractivity contribution in [1.29, 1.82) is 0 Å². The Kier molecular flexibility index (Phi) is 40.6. The largest absolute Gasteiger partial charge is 0.497 e. The molecule has 0 radical (unpaired) electrons. The number of halogens is 3. The highest BCUT2D eigenvalue weighted by Gasteiger charge is 2.36. The molecule has 4 saturated heterocycles. The van der Waals surface area contributed by atoms with Gasteiger partial charge >= 0.3 is 30.3 Å². The van der Waals surface area contributed by atoms with Crippen molar-refractivity contribution in [2.75, 3.05) is 93.8 Å². The van der Waals surface area contributed by atoms with Crippen LogP contribution in [0.15, 0.2) is 218 Å². The maximum absolute atomic E-state index is 13.6. The van der Waals surface area contributed by atoms with E-state index in [1.807, 2.05) is 167 Å². The minimum absolute atomic E-state index is 0.0193. The average molecular weight is 1700 g/mol. The molecule has 0 aromatic heterocycles. The number of rotatable bonds is 32. The fourth-order valence-corrected chi connectivity index (χ4v) is 17.4. The van der Waals surface area contributed by atoms with Crippen LogP contribution in [0.1, 0.15) is 201 Å². The van der Waals surface area contributed by atoms with E-state index in [1.54, 1.807) is 7.11 Å². The van der Waals surface area contributed by atoms with Crippen LogP contribution in [0.5, 0.6) is 11.5 Å². The first-order valence-electron chi connectivity index (χ1n) is 46.0. The highest BCUT2D eigenvalue weighted by atomic mass is 19.4. The van der Waals surface area contributed by atoms with E-state index in [0.29, 0.717) is 50.2 Å². The highest BCUT2D eigenvalue weighted by Crippen LogP contribution is 2.34. The Labute approximate surface area is 740 Å². The predicted molar refractivity (Wildman–Crippen MR) is 503 cm³/mol. The number of urea groups is 4. The summed E-state index contributed by atoms with van der Waals surface area (Å²) in [5, 5.41) is 12.1. The minimum atomic E-state index is -4.43. The van der Waals surface area contributed by atoms with Gasteiger partial charge in [-0.1, -0.05) is 212 Å². The Balaban J connectivity index is 0.000000188. The summed E-state index contributed by atoms with van der Waals surface area (Å²) in [7, 11) is 1.63. The summed E-state index contributed by atoms with van der Waals surface area (Å²) in [5.74, 6) is 1.95. The topological polar surface area (TPSA) is 161 Å². The van der Waals surface area contributed by atoms with E-state index in [0.717, 1.165) is 192 Å². The molecule has 4 aliphatic heterocycles. The molecule has 8 amide bonds. The van der Waals surface area contributed by atoms with Crippen LogP contribution in [0.3, 0.4) is 0 Å². The number of hydrogen-bond acceptors (Lipinski definition) is 10. The Hall–Kier alpha value is -9.93. The van der Waals surface area contributed by atoms with Gasteiger partial charge in [0.1, 0.15) is 11.5 Å². The summed E-state index contributed by atoms with van der Waals surface area (Å²) in [6.07, 6.45) is 12.8. The maximum Gasteiger partial charge on any atom is 0.416 e. The average Bonchev–Trinajstić information content (AvgIpc) is 0.836. The molecule has 21 heteroatoms. The lowest BCUT2D eigenvalue weighted by molar-refractivity contribution is -0.137. The molecule has 4 N–H and O–H groups in total. The number of nitrogens with one attached hydrogen (secondary N) is 4. The van der Waals surface area contributed by atoms with Crippen molar-refractivity contribution < 1.29 is 41.8 Å². The van der Waals surface area contributed by atoms with E-state index in [2.05, 4.69) is 164 Å². The summed E-state index contributed by atoms with van der Waals surface area (Å²) in [4.78, 5) is 71.3. The fraction of sp³-hybridized carbons (Fsp3) is 0.495. The van der Waals surface area contributed by atoms with Crippen LogP contribution >= 0.6 is 0 Å². The molecule has 0 spiro atoms. The number of alkyl halides is 3. The number of anilines is 4. The normalized spacial score (nSPS) is 16.0. The van der Waals surface area contributed by atoms with Gasteiger partial charge in [0.2, 0.25) is 0 Å². The number of ether oxygens (including phenoxy) is 2. The van der Waals surface area contributed by atoms with Crippen molar-refractivity contribution >= 4 is 46.9 Å². The molecule has 12 rings (SSSR count). The predicted octanol–water partition coefficient (Wildman–Crippen LogP) is 24.0. The van der Waals surface area contributed by atoms with Crippen molar-refractivity contribution in [1.82, 2.24) is 39.2 Å². The van der Waals surface area contributed by atoms with E-state index < -0.39 is 11.7 Å². The zero-order valence-corrected chi connectivity index (χ0v) is 76.1. The second-order valence-electron chi connectivity index (χ2n) is 34.7. The van der Waals surface area contributed by atoms with Crippen molar-refractivity contribution in [3.8, 4) is 22.6 Å². The molecule has 124 heavy (non-hydrogen) atoms. The summed E-state index contributed by atoms with van der Waals surface area (Å²) in [6, 6.07) is 71.5. The SMILES string of the molecule is CCCC(C)N1CCC(N(Cc2ccccc2)C(=O)Nc2cccc(-c3ccccc3)c2)CC1.CCCC(C)N1CCC(N(Cc2ccccc2)C(=O)Nc2cccc(OC(C)C)c2)CC1.CCCC(C)N1CCC(N(Cc2ccccc2)C(=O)Nc2cccc(OC)c2)CC1.CCCN1CCC(N(CCC(C)C)C(=O)Nc2cccc(C(F)(F)F)c2)CC1. The molecule has 672 valence electrons. The summed E-state index contributed by atoms with van der Waals surface area (Å²) in [5.41, 5.74) is 7.49. The van der Waals surface area contributed by atoms with E-state index in [-0.39, 0.29) is 60.1 Å². The van der Waals surface area contributed by atoms with Gasteiger partial charge in [0.05, 0.1) is 18.8 Å². The zero-order chi connectivity index (χ0) is 88.8. The van der Waals surface area contributed by atoms with Gasteiger partial charge in [0, 0.05) is 156 Å². The zero-order valence-electron chi connectivity index (χ0n) is 76.1. The van der Waals surface area contributed by atoms with Crippen LogP contribution in [0, 0.1) is 5.92 Å². The van der Waals surface area contributed by atoms with Gasteiger partial charge in [-0.2, -0.15) is 13.2 Å². The van der Waals surface area contributed by atoms with Gasteiger partial charge in [-0.3, -0.25) is 0 Å². The van der Waals surface area contributed by atoms with Crippen molar-refractivity contribution in [3.63, 3.8) is 0 Å². The number of benzene rings is 8. The summed E-state index contributed by atoms with van der Waals surface area (Å²) in [6.45, 7) is 35.8. The molecule has 18 nitrogen and oxygen atoms in total. The Morgan fingerprint density at radius 1 is 0.379 bits per heavy atom. The fourth-order valence-electron chi connectivity index (χ4n) is 17.4. The first kappa shape index (κ1) is 97.9. The van der Waals surface area contributed by atoms with Gasteiger partial charge in [-0.05, 0) is 213 Å². The number of methoxy groups -OCH3 is 1. The molecule has 4 heterocycles. The Bertz CT molecular complexity index is 4380. The van der Waals surface area contributed by atoms with Gasteiger partial charge < -0.3 is 69.9 Å². The lowest BCUT2D eigenvalue weighted by Crippen LogP contribution is -2.50. The number of carbonyl (C=O) groups is 4. The quantitative estimate of drug-likeness (QED) is 0.0319. The lowest BCUT2D eigenvalue weighted by Gasteiger charge is -2.40.